The van der Waals surface area contributed by atoms with Gasteiger partial charge in [-0.2, -0.15) is 10.1 Å². The van der Waals surface area contributed by atoms with Gasteiger partial charge in [-0.25, -0.2) is 10.8 Å². The van der Waals surface area contributed by atoms with Crippen molar-refractivity contribution in [2.24, 2.45) is 12.9 Å². The predicted octanol–water partition coefficient (Wildman–Crippen LogP) is 0.856. The van der Waals surface area contributed by atoms with Crippen LogP contribution in [0, 0.1) is 13.8 Å². The monoisotopic (exact) mass is 233 g/mol. The topological polar surface area (TPSA) is 93.7 Å². The SMILES string of the molecule is Cc1cnc(NN)nc1Nc1cn(C)nc1C. The van der Waals surface area contributed by atoms with E-state index >= 15 is 0 Å². The van der Waals surface area contributed by atoms with E-state index in [1.165, 1.54) is 0 Å². The van der Waals surface area contributed by atoms with E-state index in [0.717, 1.165) is 16.9 Å². The summed E-state index contributed by atoms with van der Waals surface area (Å²) in [5, 5.41) is 7.46. The Balaban J connectivity index is 2.32. The summed E-state index contributed by atoms with van der Waals surface area (Å²) in [7, 11) is 1.87. The molecule has 2 rings (SSSR count). The van der Waals surface area contributed by atoms with Gasteiger partial charge in [0.05, 0.1) is 11.4 Å². The van der Waals surface area contributed by atoms with Gasteiger partial charge < -0.3 is 5.32 Å². The van der Waals surface area contributed by atoms with Crippen LogP contribution in [0.2, 0.25) is 0 Å². The minimum atomic E-state index is 0.375. The summed E-state index contributed by atoms with van der Waals surface area (Å²) >= 11 is 0. The second kappa shape index (κ2) is 4.38. The summed E-state index contributed by atoms with van der Waals surface area (Å²) in [4.78, 5) is 8.26. The maximum Gasteiger partial charge on any atom is 0.239 e. The average molecular weight is 233 g/mol. The van der Waals surface area contributed by atoms with Crippen LogP contribution in [0.5, 0.6) is 0 Å². The molecule has 0 aliphatic carbocycles. The largest absolute Gasteiger partial charge is 0.337 e. The van der Waals surface area contributed by atoms with Crippen LogP contribution < -0.4 is 16.6 Å². The molecule has 2 aromatic rings. The van der Waals surface area contributed by atoms with E-state index in [1.807, 2.05) is 27.1 Å². The molecule has 4 N–H and O–H groups in total. The third kappa shape index (κ3) is 2.34. The molecule has 90 valence electrons. The van der Waals surface area contributed by atoms with E-state index in [0.29, 0.717) is 11.8 Å². The molecule has 0 amide bonds. The summed E-state index contributed by atoms with van der Waals surface area (Å²) < 4.78 is 1.75. The Bertz CT molecular complexity index is 531. The molecule has 0 aromatic carbocycles. The molecule has 0 aliphatic heterocycles. The van der Waals surface area contributed by atoms with E-state index < -0.39 is 0 Å². The molecule has 0 spiro atoms. The Labute approximate surface area is 99.0 Å². The maximum absolute atomic E-state index is 5.28. The van der Waals surface area contributed by atoms with Gasteiger partial charge >= 0.3 is 0 Å². The van der Waals surface area contributed by atoms with Crippen molar-refractivity contribution in [1.29, 1.82) is 0 Å². The van der Waals surface area contributed by atoms with E-state index in [1.54, 1.807) is 10.9 Å². The molecule has 0 atom stereocenters. The van der Waals surface area contributed by atoms with Crippen LogP contribution in [0.3, 0.4) is 0 Å². The fourth-order valence-corrected chi connectivity index (χ4v) is 1.49. The number of nitrogens with one attached hydrogen (secondary N) is 2. The molecule has 2 heterocycles. The zero-order valence-corrected chi connectivity index (χ0v) is 10.0. The number of anilines is 3. The van der Waals surface area contributed by atoms with Crippen LogP contribution in [-0.4, -0.2) is 19.7 Å². The third-order valence-corrected chi connectivity index (χ3v) is 2.37. The molecule has 2 aromatic heterocycles. The first-order chi connectivity index (χ1) is 8.10. The number of aromatic nitrogens is 4. The lowest BCUT2D eigenvalue weighted by Crippen LogP contribution is -2.11. The van der Waals surface area contributed by atoms with Gasteiger partial charge in [0.1, 0.15) is 5.82 Å². The van der Waals surface area contributed by atoms with Gasteiger partial charge in [0, 0.05) is 25.0 Å². The van der Waals surface area contributed by atoms with Crippen molar-refractivity contribution in [3.63, 3.8) is 0 Å². The van der Waals surface area contributed by atoms with Crippen LogP contribution in [-0.2, 0) is 7.05 Å². The quantitative estimate of drug-likeness (QED) is 0.537. The second-order valence-corrected chi connectivity index (χ2v) is 3.80. The molecular formula is C10H15N7. The van der Waals surface area contributed by atoms with Gasteiger partial charge in [0.25, 0.3) is 0 Å². The molecular weight excluding hydrogens is 218 g/mol. The standard InChI is InChI=1S/C10H15N7/c1-6-4-12-10(15-11)14-9(6)13-8-5-17(3)16-7(8)2/h4-5H,11H2,1-3H3,(H2,12,13,14,15). The number of hydrogen-bond donors (Lipinski definition) is 3. The summed E-state index contributed by atoms with van der Waals surface area (Å²) in [5.41, 5.74) is 5.18. The van der Waals surface area contributed by atoms with Crippen LogP contribution >= 0.6 is 0 Å². The molecule has 0 aliphatic rings. The Hall–Kier alpha value is -2.15. The number of nitrogens with two attached hydrogens (primary N) is 1. The first-order valence-electron chi connectivity index (χ1n) is 5.17. The second-order valence-electron chi connectivity index (χ2n) is 3.80. The summed E-state index contributed by atoms with van der Waals surface area (Å²) in [6, 6.07) is 0. The number of nitrogen functional groups attached to an aromatic ring is 1. The van der Waals surface area contributed by atoms with Crippen molar-refractivity contribution in [2.45, 2.75) is 13.8 Å². The predicted molar refractivity (Wildman–Crippen MR) is 65.8 cm³/mol. The van der Waals surface area contributed by atoms with E-state index in [2.05, 4.69) is 25.8 Å². The summed E-state index contributed by atoms with van der Waals surface area (Å²) in [5.74, 6) is 6.36. The molecule has 0 saturated carbocycles. The van der Waals surface area contributed by atoms with E-state index in [4.69, 9.17) is 5.84 Å². The average Bonchev–Trinajstić information content (AvgIpc) is 2.60. The lowest BCUT2D eigenvalue weighted by molar-refractivity contribution is 0.756. The smallest absolute Gasteiger partial charge is 0.239 e. The molecule has 0 saturated heterocycles. The molecule has 0 fully saturated rings. The summed E-state index contributed by atoms with van der Waals surface area (Å²) in [6.45, 7) is 3.86. The van der Waals surface area contributed by atoms with E-state index in [-0.39, 0.29) is 0 Å². The van der Waals surface area contributed by atoms with Crippen LogP contribution in [0.4, 0.5) is 17.5 Å². The number of aryl methyl sites for hydroxylation is 3. The van der Waals surface area contributed by atoms with Crippen molar-refractivity contribution >= 4 is 17.5 Å². The third-order valence-electron chi connectivity index (χ3n) is 2.37. The van der Waals surface area contributed by atoms with Crippen molar-refractivity contribution in [2.75, 3.05) is 10.7 Å². The Morgan fingerprint density at radius 2 is 2.12 bits per heavy atom. The minimum absolute atomic E-state index is 0.375. The summed E-state index contributed by atoms with van der Waals surface area (Å²) in [6.07, 6.45) is 3.60. The minimum Gasteiger partial charge on any atom is -0.337 e. The van der Waals surface area contributed by atoms with Crippen LogP contribution in [0.15, 0.2) is 12.4 Å². The Morgan fingerprint density at radius 1 is 1.35 bits per heavy atom. The normalized spacial score (nSPS) is 10.4. The highest BCUT2D eigenvalue weighted by Gasteiger charge is 2.07. The highest BCUT2D eigenvalue weighted by atomic mass is 15.3. The van der Waals surface area contributed by atoms with Gasteiger partial charge in [-0.15, -0.1) is 0 Å². The van der Waals surface area contributed by atoms with Gasteiger partial charge in [-0.1, -0.05) is 0 Å². The number of hydrazine groups is 1. The molecule has 0 unspecified atom stereocenters. The zero-order valence-electron chi connectivity index (χ0n) is 10.0. The van der Waals surface area contributed by atoms with Gasteiger partial charge in [-0.3, -0.25) is 10.1 Å². The highest BCUT2D eigenvalue weighted by Crippen LogP contribution is 2.20. The van der Waals surface area contributed by atoms with Gasteiger partial charge in [0.15, 0.2) is 0 Å². The number of nitrogens with zero attached hydrogens (tertiary/aromatic N) is 4. The molecule has 0 bridgehead atoms. The maximum atomic E-state index is 5.28. The zero-order chi connectivity index (χ0) is 12.4. The van der Waals surface area contributed by atoms with E-state index in [9.17, 15) is 0 Å². The lowest BCUT2D eigenvalue weighted by Gasteiger charge is -2.08. The first-order valence-corrected chi connectivity index (χ1v) is 5.17. The van der Waals surface area contributed by atoms with Crippen molar-refractivity contribution < 1.29 is 0 Å². The van der Waals surface area contributed by atoms with Gasteiger partial charge in [-0.05, 0) is 13.8 Å². The molecule has 7 heteroatoms. The Morgan fingerprint density at radius 3 is 2.71 bits per heavy atom. The number of hydrogen-bond acceptors (Lipinski definition) is 6. The van der Waals surface area contributed by atoms with Crippen LogP contribution in [0.25, 0.3) is 0 Å². The fourth-order valence-electron chi connectivity index (χ4n) is 1.49. The van der Waals surface area contributed by atoms with Crippen molar-refractivity contribution in [3.8, 4) is 0 Å². The number of rotatable bonds is 3. The molecule has 17 heavy (non-hydrogen) atoms. The highest BCUT2D eigenvalue weighted by molar-refractivity contribution is 5.61. The van der Waals surface area contributed by atoms with Crippen molar-refractivity contribution in [3.05, 3.63) is 23.7 Å². The fraction of sp³-hybridized carbons (Fsp3) is 0.300. The van der Waals surface area contributed by atoms with Crippen LogP contribution in [0.1, 0.15) is 11.3 Å². The lowest BCUT2D eigenvalue weighted by atomic mass is 10.3. The molecule has 7 nitrogen and oxygen atoms in total. The van der Waals surface area contributed by atoms with Gasteiger partial charge in [0.2, 0.25) is 5.95 Å². The van der Waals surface area contributed by atoms with Crippen molar-refractivity contribution in [1.82, 2.24) is 19.7 Å². The Kier molecular flexibility index (Phi) is 2.92. The molecule has 0 radical (unpaired) electrons. The first kappa shape index (κ1) is 11.3.